The Balaban J connectivity index is 1.43. The first-order valence-corrected chi connectivity index (χ1v) is 11.1. The molecule has 0 amide bonds. The second-order valence-electron chi connectivity index (χ2n) is 8.13. The summed E-state index contributed by atoms with van der Waals surface area (Å²) in [6.07, 6.45) is 2.06. The molecule has 3 aliphatic heterocycles. The molecule has 29 heavy (non-hydrogen) atoms. The van der Waals surface area contributed by atoms with Crippen LogP contribution in [0.4, 0.5) is 20.2 Å². The van der Waals surface area contributed by atoms with Crippen LogP contribution in [0, 0.1) is 6.92 Å². The van der Waals surface area contributed by atoms with Crippen molar-refractivity contribution in [3.63, 3.8) is 0 Å². The fourth-order valence-electron chi connectivity index (χ4n) is 4.44. The molecule has 0 spiro atoms. The second-order valence-corrected chi connectivity index (χ2v) is 9.39. The maximum Gasteiger partial charge on any atom is 0.266 e. The third-order valence-corrected chi connectivity index (χ3v) is 7.04. The summed E-state index contributed by atoms with van der Waals surface area (Å²) in [7, 11) is 0. The zero-order valence-electron chi connectivity index (χ0n) is 16.5. The van der Waals surface area contributed by atoms with Crippen LogP contribution in [-0.4, -0.2) is 50.1 Å². The highest BCUT2D eigenvalue weighted by Gasteiger charge is 2.40. The molecule has 1 unspecified atom stereocenters. The quantitative estimate of drug-likeness (QED) is 0.780. The van der Waals surface area contributed by atoms with E-state index in [1.807, 2.05) is 4.90 Å². The zero-order valence-corrected chi connectivity index (χ0v) is 17.4. The van der Waals surface area contributed by atoms with Crippen LogP contribution in [0.2, 0.25) is 0 Å². The SMILES string of the molecule is Cc1cc2c(s1)C(N1CCC(F)(F)C1)=CC(c1ccc(N3CCNCC3)cc1)N2. The normalized spacial score (nSPS) is 23.6. The van der Waals surface area contributed by atoms with Crippen LogP contribution >= 0.6 is 11.3 Å². The number of rotatable bonds is 3. The van der Waals surface area contributed by atoms with Gasteiger partial charge in [0, 0.05) is 49.7 Å². The molecule has 154 valence electrons. The number of hydrogen-bond acceptors (Lipinski definition) is 5. The number of anilines is 2. The number of aryl methyl sites for hydroxylation is 1. The molecule has 0 aliphatic carbocycles. The van der Waals surface area contributed by atoms with Gasteiger partial charge in [-0.1, -0.05) is 12.1 Å². The number of piperazine rings is 1. The van der Waals surface area contributed by atoms with Crippen molar-refractivity contribution in [1.29, 1.82) is 0 Å². The number of thiophene rings is 1. The number of alkyl halides is 2. The van der Waals surface area contributed by atoms with Gasteiger partial charge in [0.2, 0.25) is 0 Å². The van der Waals surface area contributed by atoms with Gasteiger partial charge >= 0.3 is 0 Å². The molecule has 7 heteroatoms. The predicted molar refractivity (Wildman–Crippen MR) is 116 cm³/mol. The van der Waals surface area contributed by atoms with E-state index in [0.717, 1.165) is 48.0 Å². The van der Waals surface area contributed by atoms with Gasteiger partial charge in [-0.3, -0.25) is 0 Å². The minimum absolute atomic E-state index is 0.0159. The van der Waals surface area contributed by atoms with Crippen molar-refractivity contribution in [2.24, 2.45) is 0 Å². The predicted octanol–water partition coefficient (Wildman–Crippen LogP) is 4.31. The topological polar surface area (TPSA) is 30.5 Å². The van der Waals surface area contributed by atoms with Crippen LogP contribution in [0.1, 0.15) is 27.8 Å². The average molecular weight is 417 g/mol. The molecule has 1 atom stereocenters. The molecule has 1 aromatic heterocycles. The Morgan fingerprint density at radius 1 is 1.07 bits per heavy atom. The van der Waals surface area contributed by atoms with Crippen molar-refractivity contribution in [2.45, 2.75) is 25.3 Å². The largest absolute Gasteiger partial charge is 0.373 e. The zero-order chi connectivity index (χ0) is 20.0. The Labute approximate surface area is 174 Å². The third kappa shape index (κ3) is 3.73. The van der Waals surface area contributed by atoms with Gasteiger partial charge in [0.1, 0.15) is 0 Å². The third-order valence-electron chi connectivity index (χ3n) is 5.97. The molecular formula is C22H26F2N4S. The Kier molecular flexibility index (Phi) is 4.75. The maximum absolute atomic E-state index is 13.9. The summed E-state index contributed by atoms with van der Waals surface area (Å²) in [5.41, 5.74) is 4.39. The summed E-state index contributed by atoms with van der Waals surface area (Å²) in [5.74, 6) is -2.60. The molecule has 2 aromatic rings. The summed E-state index contributed by atoms with van der Waals surface area (Å²) in [4.78, 5) is 6.52. The van der Waals surface area contributed by atoms with Crippen LogP contribution in [0.25, 0.3) is 5.70 Å². The number of benzene rings is 1. The summed E-state index contributed by atoms with van der Waals surface area (Å²) >= 11 is 1.67. The number of nitrogens with zero attached hydrogens (tertiary/aromatic N) is 2. The highest BCUT2D eigenvalue weighted by molar-refractivity contribution is 7.13. The molecule has 0 bridgehead atoms. The van der Waals surface area contributed by atoms with Crippen LogP contribution in [-0.2, 0) is 0 Å². The molecule has 4 nitrogen and oxygen atoms in total. The summed E-state index contributed by atoms with van der Waals surface area (Å²) < 4.78 is 27.8. The van der Waals surface area contributed by atoms with Crippen molar-refractivity contribution < 1.29 is 8.78 Å². The highest BCUT2D eigenvalue weighted by atomic mass is 32.1. The lowest BCUT2D eigenvalue weighted by molar-refractivity contribution is 0.0169. The number of likely N-dealkylation sites (tertiary alicyclic amines) is 1. The Hall–Kier alpha value is -2.12. The van der Waals surface area contributed by atoms with Crippen LogP contribution in [0.5, 0.6) is 0 Å². The Morgan fingerprint density at radius 3 is 2.52 bits per heavy atom. The molecule has 3 aliphatic rings. The molecule has 2 N–H and O–H groups in total. The Morgan fingerprint density at radius 2 is 1.83 bits per heavy atom. The molecular weight excluding hydrogens is 390 g/mol. The minimum atomic E-state index is -2.60. The van der Waals surface area contributed by atoms with Gasteiger partial charge in [0.15, 0.2) is 0 Å². The van der Waals surface area contributed by atoms with E-state index in [2.05, 4.69) is 58.9 Å². The van der Waals surface area contributed by atoms with E-state index in [0.29, 0.717) is 6.54 Å². The van der Waals surface area contributed by atoms with Crippen LogP contribution in [0.15, 0.2) is 36.4 Å². The molecule has 5 rings (SSSR count). The van der Waals surface area contributed by atoms with E-state index in [1.54, 1.807) is 11.3 Å². The van der Waals surface area contributed by atoms with Gasteiger partial charge in [-0.05, 0) is 36.8 Å². The monoisotopic (exact) mass is 416 g/mol. The number of fused-ring (bicyclic) bond motifs is 1. The molecule has 2 fully saturated rings. The van der Waals surface area contributed by atoms with Gasteiger partial charge in [-0.2, -0.15) is 0 Å². The lowest BCUT2D eigenvalue weighted by Gasteiger charge is -2.31. The van der Waals surface area contributed by atoms with Crippen molar-refractivity contribution in [3.8, 4) is 0 Å². The fraction of sp³-hybridized carbons (Fsp3) is 0.455. The first kappa shape index (κ1) is 18.9. The summed E-state index contributed by atoms with van der Waals surface area (Å²) in [5, 5.41) is 6.98. The minimum Gasteiger partial charge on any atom is -0.373 e. The van der Waals surface area contributed by atoms with Gasteiger partial charge < -0.3 is 20.4 Å². The lowest BCUT2D eigenvalue weighted by atomic mass is 10.0. The van der Waals surface area contributed by atoms with E-state index in [1.165, 1.54) is 10.6 Å². The highest BCUT2D eigenvalue weighted by Crippen LogP contribution is 2.44. The molecule has 0 radical (unpaired) electrons. The first-order valence-electron chi connectivity index (χ1n) is 10.3. The average Bonchev–Trinajstić information content (AvgIpc) is 3.29. The first-order chi connectivity index (χ1) is 14.0. The number of hydrogen-bond donors (Lipinski definition) is 2. The standard InChI is InChI=1S/C22H26F2N4S/c1-15-12-19-21(29-15)20(28-9-6-22(23,24)14-28)13-18(26-19)16-2-4-17(5-3-16)27-10-7-25-8-11-27/h2-5,12-13,18,25-26H,6-11,14H2,1H3. The summed E-state index contributed by atoms with van der Waals surface area (Å²) in [6.45, 7) is 6.35. The fourth-order valence-corrected chi connectivity index (χ4v) is 5.47. The van der Waals surface area contributed by atoms with E-state index in [4.69, 9.17) is 0 Å². The van der Waals surface area contributed by atoms with Crippen molar-refractivity contribution >= 4 is 28.4 Å². The number of halogens is 2. The van der Waals surface area contributed by atoms with E-state index >= 15 is 0 Å². The van der Waals surface area contributed by atoms with Crippen LogP contribution in [0.3, 0.4) is 0 Å². The van der Waals surface area contributed by atoms with E-state index < -0.39 is 5.92 Å². The van der Waals surface area contributed by atoms with E-state index in [-0.39, 0.29) is 19.0 Å². The molecule has 2 saturated heterocycles. The van der Waals surface area contributed by atoms with E-state index in [9.17, 15) is 8.78 Å². The van der Waals surface area contributed by atoms with Gasteiger partial charge in [0.25, 0.3) is 5.92 Å². The second kappa shape index (κ2) is 7.29. The smallest absolute Gasteiger partial charge is 0.266 e. The van der Waals surface area contributed by atoms with Crippen molar-refractivity contribution in [2.75, 3.05) is 49.5 Å². The molecule has 4 heterocycles. The van der Waals surface area contributed by atoms with Crippen molar-refractivity contribution in [3.05, 3.63) is 51.7 Å². The molecule has 0 saturated carbocycles. The van der Waals surface area contributed by atoms with Crippen molar-refractivity contribution in [1.82, 2.24) is 10.2 Å². The van der Waals surface area contributed by atoms with Crippen LogP contribution < -0.4 is 15.5 Å². The number of nitrogens with one attached hydrogen (secondary N) is 2. The summed E-state index contributed by atoms with van der Waals surface area (Å²) in [6, 6.07) is 10.8. The van der Waals surface area contributed by atoms with Gasteiger partial charge in [-0.15, -0.1) is 11.3 Å². The lowest BCUT2D eigenvalue weighted by Crippen LogP contribution is -2.43. The van der Waals surface area contributed by atoms with Gasteiger partial charge in [0.05, 0.1) is 28.8 Å². The molecule has 1 aromatic carbocycles. The van der Waals surface area contributed by atoms with Gasteiger partial charge in [-0.25, -0.2) is 8.78 Å². The Bertz CT molecular complexity index is 915. The maximum atomic E-state index is 13.9.